The average Bonchev–Trinajstić information content (AvgIpc) is 3.18. The molecule has 18 heavy (non-hydrogen) atoms. The highest BCUT2D eigenvalue weighted by molar-refractivity contribution is 7.99. The maximum atomic E-state index is 6.27. The Labute approximate surface area is 117 Å². The van der Waals surface area contributed by atoms with E-state index in [0.29, 0.717) is 11.1 Å². The molecule has 0 atom stereocenters. The summed E-state index contributed by atoms with van der Waals surface area (Å²) in [6.45, 7) is 4.20. The lowest BCUT2D eigenvalue weighted by atomic mass is 10.2. The van der Waals surface area contributed by atoms with Gasteiger partial charge in [0.2, 0.25) is 0 Å². The summed E-state index contributed by atoms with van der Waals surface area (Å²) in [7, 11) is 0. The third kappa shape index (κ3) is 2.59. The summed E-state index contributed by atoms with van der Waals surface area (Å²) >= 11 is 8.30. The van der Waals surface area contributed by atoms with Gasteiger partial charge in [-0.25, -0.2) is 9.97 Å². The van der Waals surface area contributed by atoms with E-state index in [9.17, 15) is 0 Å². The third-order valence-corrected chi connectivity index (χ3v) is 4.96. The SMILES string of the molecule is Cc1c(Cl)nc(C2CC2)nc1N1CCCSCC1. The first kappa shape index (κ1) is 12.5. The third-order valence-electron chi connectivity index (χ3n) is 3.54. The molecule has 3 rings (SSSR count). The largest absolute Gasteiger partial charge is 0.355 e. The quantitative estimate of drug-likeness (QED) is 0.779. The van der Waals surface area contributed by atoms with Crippen LogP contribution < -0.4 is 4.90 Å². The molecule has 0 bridgehead atoms. The topological polar surface area (TPSA) is 29.0 Å². The summed E-state index contributed by atoms with van der Waals surface area (Å²) in [5.74, 6) is 5.02. The minimum atomic E-state index is 0.559. The van der Waals surface area contributed by atoms with Crippen molar-refractivity contribution < 1.29 is 0 Å². The van der Waals surface area contributed by atoms with Gasteiger partial charge in [0, 0.05) is 30.3 Å². The molecule has 1 aromatic heterocycles. The highest BCUT2D eigenvalue weighted by Crippen LogP contribution is 2.40. The number of halogens is 1. The van der Waals surface area contributed by atoms with E-state index in [1.54, 1.807) is 0 Å². The molecule has 3 nitrogen and oxygen atoms in total. The van der Waals surface area contributed by atoms with Crippen LogP contribution in [-0.2, 0) is 0 Å². The number of hydrogen-bond acceptors (Lipinski definition) is 4. The lowest BCUT2D eigenvalue weighted by Gasteiger charge is -2.23. The number of anilines is 1. The molecule has 0 amide bonds. The Kier molecular flexibility index (Phi) is 3.66. The molecule has 5 heteroatoms. The van der Waals surface area contributed by atoms with E-state index in [1.807, 2.05) is 18.7 Å². The van der Waals surface area contributed by atoms with Crippen molar-refractivity contribution in [2.45, 2.75) is 32.1 Å². The van der Waals surface area contributed by atoms with E-state index in [4.69, 9.17) is 16.6 Å². The van der Waals surface area contributed by atoms with E-state index in [1.165, 1.54) is 30.8 Å². The summed E-state index contributed by atoms with van der Waals surface area (Å²) in [5.41, 5.74) is 1.04. The molecule has 0 N–H and O–H groups in total. The fourth-order valence-corrected chi connectivity index (χ4v) is 3.34. The lowest BCUT2D eigenvalue weighted by molar-refractivity contribution is 0.780. The van der Waals surface area contributed by atoms with Crippen LogP contribution in [0.2, 0.25) is 5.15 Å². The van der Waals surface area contributed by atoms with Crippen molar-refractivity contribution in [3.63, 3.8) is 0 Å². The molecule has 2 aliphatic rings. The zero-order valence-electron chi connectivity index (χ0n) is 10.7. The minimum Gasteiger partial charge on any atom is -0.355 e. The Hall–Kier alpha value is -0.480. The standard InChI is InChI=1S/C13H18ClN3S/c1-9-11(14)15-12(10-3-4-10)16-13(9)17-5-2-7-18-8-6-17/h10H,2-8H2,1H3. The van der Waals surface area contributed by atoms with Crippen LogP contribution in [0.4, 0.5) is 5.82 Å². The lowest BCUT2D eigenvalue weighted by Crippen LogP contribution is -2.28. The van der Waals surface area contributed by atoms with Gasteiger partial charge in [-0.2, -0.15) is 11.8 Å². The molecule has 98 valence electrons. The van der Waals surface area contributed by atoms with E-state index in [-0.39, 0.29) is 0 Å². The zero-order valence-corrected chi connectivity index (χ0v) is 12.2. The van der Waals surface area contributed by atoms with Crippen LogP contribution in [0.1, 0.15) is 36.6 Å². The van der Waals surface area contributed by atoms with Crippen molar-refractivity contribution in [1.29, 1.82) is 0 Å². The second-order valence-electron chi connectivity index (χ2n) is 5.05. The normalized spacial score (nSPS) is 20.9. The van der Waals surface area contributed by atoms with Gasteiger partial charge in [0.1, 0.15) is 16.8 Å². The van der Waals surface area contributed by atoms with Gasteiger partial charge in [0.05, 0.1) is 0 Å². The van der Waals surface area contributed by atoms with Gasteiger partial charge in [-0.05, 0) is 31.9 Å². The van der Waals surface area contributed by atoms with E-state index in [2.05, 4.69) is 9.88 Å². The predicted molar refractivity (Wildman–Crippen MR) is 77.9 cm³/mol. The molecular weight excluding hydrogens is 266 g/mol. The van der Waals surface area contributed by atoms with Gasteiger partial charge in [-0.3, -0.25) is 0 Å². The molecule has 1 saturated heterocycles. The molecule has 1 aromatic rings. The van der Waals surface area contributed by atoms with Crippen molar-refractivity contribution in [2.24, 2.45) is 0 Å². The summed E-state index contributed by atoms with van der Waals surface area (Å²) in [4.78, 5) is 11.6. The van der Waals surface area contributed by atoms with Gasteiger partial charge < -0.3 is 4.90 Å². The molecule has 0 unspecified atom stereocenters. The number of nitrogens with zero attached hydrogens (tertiary/aromatic N) is 3. The Morgan fingerprint density at radius 1 is 1.22 bits per heavy atom. The smallest absolute Gasteiger partial charge is 0.137 e. The monoisotopic (exact) mass is 283 g/mol. The van der Waals surface area contributed by atoms with Gasteiger partial charge in [0.25, 0.3) is 0 Å². The number of aromatic nitrogens is 2. The second kappa shape index (κ2) is 5.25. The number of rotatable bonds is 2. The molecule has 0 aromatic carbocycles. The molecular formula is C13H18ClN3S. The first-order chi connectivity index (χ1) is 8.75. The van der Waals surface area contributed by atoms with Crippen LogP contribution in [0.5, 0.6) is 0 Å². The summed E-state index contributed by atoms with van der Waals surface area (Å²) in [6, 6.07) is 0. The second-order valence-corrected chi connectivity index (χ2v) is 6.63. The van der Waals surface area contributed by atoms with Gasteiger partial charge in [-0.15, -0.1) is 0 Å². The van der Waals surface area contributed by atoms with Crippen molar-refractivity contribution >= 4 is 29.2 Å². The maximum Gasteiger partial charge on any atom is 0.137 e. The van der Waals surface area contributed by atoms with E-state index in [0.717, 1.165) is 30.3 Å². The van der Waals surface area contributed by atoms with Crippen molar-refractivity contribution in [3.8, 4) is 0 Å². The first-order valence-electron chi connectivity index (χ1n) is 6.62. The van der Waals surface area contributed by atoms with Crippen molar-refractivity contribution in [3.05, 3.63) is 16.5 Å². The zero-order chi connectivity index (χ0) is 12.5. The Bertz CT molecular complexity index is 440. The van der Waals surface area contributed by atoms with Crippen LogP contribution in [0.3, 0.4) is 0 Å². The minimum absolute atomic E-state index is 0.559. The van der Waals surface area contributed by atoms with Crippen LogP contribution in [0.15, 0.2) is 0 Å². The van der Waals surface area contributed by atoms with Crippen LogP contribution in [0.25, 0.3) is 0 Å². The molecule has 1 aliphatic carbocycles. The predicted octanol–water partition coefficient (Wildman–Crippen LogP) is 3.26. The number of thioether (sulfide) groups is 1. The Balaban J connectivity index is 1.92. The van der Waals surface area contributed by atoms with E-state index >= 15 is 0 Å². The van der Waals surface area contributed by atoms with Gasteiger partial charge in [-0.1, -0.05) is 11.6 Å². The molecule has 2 heterocycles. The van der Waals surface area contributed by atoms with Crippen molar-refractivity contribution in [2.75, 3.05) is 29.5 Å². The summed E-state index contributed by atoms with van der Waals surface area (Å²) in [6.07, 6.45) is 3.66. The van der Waals surface area contributed by atoms with Gasteiger partial charge in [0.15, 0.2) is 0 Å². The van der Waals surface area contributed by atoms with Gasteiger partial charge >= 0.3 is 0 Å². The van der Waals surface area contributed by atoms with E-state index < -0.39 is 0 Å². The molecule has 2 fully saturated rings. The van der Waals surface area contributed by atoms with Crippen LogP contribution in [0, 0.1) is 6.92 Å². The molecule has 0 spiro atoms. The average molecular weight is 284 g/mol. The Morgan fingerprint density at radius 3 is 2.83 bits per heavy atom. The van der Waals surface area contributed by atoms with Crippen molar-refractivity contribution in [1.82, 2.24) is 9.97 Å². The first-order valence-corrected chi connectivity index (χ1v) is 8.15. The van der Waals surface area contributed by atoms with Crippen LogP contribution >= 0.6 is 23.4 Å². The maximum absolute atomic E-state index is 6.27. The van der Waals surface area contributed by atoms with Crippen LogP contribution in [-0.4, -0.2) is 34.6 Å². The summed E-state index contributed by atoms with van der Waals surface area (Å²) in [5, 5.41) is 0.638. The summed E-state index contributed by atoms with van der Waals surface area (Å²) < 4.78 is 0. The highest BCUT2D eigenvalue weighted by Gasteiger charge is 2.29. The molecule has 1 saturated carbocycles. The highest BCUT2D eigenvalue weighted by atomic mass is 35.5. The fraction of sp³-hybridized carbons (Fsp3) is 0.692. The Morgan fingerprint density at radius 2 is 2.06 bits per heavy atom. The number of hydrogen-bond donors (Lipinski definition) is 0. The fourth-order valence-electron chi connectivity index (χ4n) is 2.28. The molecule has 1 aliphatic heterocycles. The molecule has 0 radical (unpaired) electrons.